The van der Waals surface area contributed by atoms with Crippen LogP contribution in [0.15, 0.2) is 30.3 Å². The molecule has 6 heteroatoms. The molecule has 2 aromatic rings. The molecule has 2 rings (SSSR count). The van der Waals surface area contributed by atoms with E-state index in [0.717, 1.165) is 0 Å². The molecule has 1 atom stereocenters. The summed E-state index contributed by atoms with van der Waals surface area (Å²) in [5, 5.41) is 13.5. The van der Waals surface area contributed by atoms with Crippen molar-refractivity contribution < 1.29 is 18.3 Å². The van der Waals surface area contributed by atoms with E-state index in [2.05, 4.69) is 5.10 Å². The van der Waals surface area contributed by atoms with Crippen LogP contribution in [0.3, 0.4) is 0 Å². The number of aromatic nitrogens is 2. The van der Waals surface area contributed by atoms with Crippen molar-refractivity contribution in [3.63, 3.8) is 0 Å². The van der Waals surface area contributed by atoms with Gasteiger partial charge < -0.3 is 5.11 Å². The van der Waals surface area contributed by atoms with Crippen LogP contribution in [0.4, 0.5) is 13.2 Å². The number of para-hydroxylation sites is 1. The fourth-order valence-corrected chi connectivity index (χ4v) is 2.03. The first kappa shape index (κ1) is 13.6. The molecule has 0 saturated heterocycles. The van der Waals surface area contributed by atoms with E-state index in [1.54, 1.807) is 30.3 Å². The monoisotopic (exact) mass is 270 g/mol. The highest BCUT2D eigenvalue weighted by atomic mass is 19.4. The lowest BCUT2D eigenvalue weighted by Crippen LogP contribution is -2.21. The van der Waals surface area contributed by atoms with E-state index in [-0.39, 0.29) is 17.0 Å². The fraction of sp³-hybridized carbons (Fsp3) is 0.308. The summed E-state index contributed by atoms with van der Waals surface area (Å²) in [5.74, 6) is 0. The van der Waals surface area contributed by atoms with Crippen molar-refractivity contribution in [2.75, 3.05) is 0 Å². The second kappa shape index (κ2) is 4.70. The molecule has 0 amide bonds. The van der Waals surface area contributed by atoms with Crippen LogP contribution in [0, 0.1) is 13.8 Å². The number of aliphatic hydroxyl groups excluding tert-OH is 1. The lowest BCUT2D eigenvalue weighted by atomic mass is 10.1. The zero-order valence-electron chi connectivity index (χ0n) is 10.4. The predicted octanol–water partition coefficient (Wildman–Crippen LogP) is 3.08. The molecule has 1 heterocycles. The summed E-state index contributed by atoms with van der Waals surface area (Å²) in [7, 11) is 0. The van der Waals surface area contributed by atoms with E-state index >= 15 is 0 Å². The summed E-state index contributed by atoms with van der Waals surface area (Å²) in [5.41, 5.74) is 0.930. The maximum atomic E-state index is 12.6. The van der Waals surface area contributed by atoms with Gasteiger partial charge in [0.15, 0.2) is 6.10 Å². The van der Waals surface area contributed by atoms with Crippen LogP contribution < -0.4 is 0 Å². The molecule has 0 aliphatic rings. The van der Waals surface area contributed by atoms with Gasteiger partial charge in [-0.1, -0.05) is 18.2 Å². The molecular formula is C13H13F3N2O. The third kappa shape index (κ3) is 2.49. The number of aryl methyl sites for hydroxylation is 1. The summed E-state index contributed by atoms with van der Waals surface area (Å²) in [6, 6.07) is 8.82. The molecule has 3 nitrogen and oxygen atoms in total. The second-order valence-electron chi connectivity index (χ2n) is 4.28. The predicted molar refractivity (Wildman–Crippen MR) is 64.1 cm³/mol. The Morgan fingerprint density at radius 1 is 1.16 bits per heavy atom. The van der Waals surface area contributed by atoms with Gasteiger partial charge >= 0.3 is 6.18 Å². The van der Waals surface area contributed by atoms with E-state index in [0.29, 0.717) is 5.69 Å². The number of halogens is 3. The number of hydrogen-bond acceptors (Lipinski definition) is 2. The van der Waals surface area contributed by atoms with Crippen molar-refractivity contribution in [2.45, 2.75) is 26.1 Å². The molecule has 0 spiro atoms. The van der Waals surface area contributed by atoms with Crippen LogP contribution in [0.2, 0.25) is 0 Å². The molecule has 1 aromatic carbocycles. The highest BCUT2D eigenvalue weighted by molar-refractivity contribution is 5.38. The van der Waals surface area contributed by atoms with Gasteiger partial charge in [-0.2, -0.15) is 18.3 Å². The lowest BCUT2D eigenvalue weighted by molar-refractivity contribution is -0.207. The van der Waals surface area contributed by atoms with Gasteiger partial charge in [-0.3, -0.25) is 0 Å². The van der Waals surface area contributed by atoms with Crippen molar-refractivity contribution in [1.82, 2.24) is 9.78 Å². The Balaban J connectivity index is 2.53. The highest BCUT2D eigenvalue weighted by Gasteiger charge is 2.42. The minimum absolute atomic E-state index is 0.172. The normalized spacial score (nSPS) is 13.6. The van der Waals surface area contributed by atoms with Crippen molar-refractivity contribution in [3.05, 3.63) is 47.3 Å². The molecule has 1 aromatic heterocycles. The van der Waals surface area contributed by atoms with Gasteiger partial charge in [0.25, 0.3) is 0 Å². The van der Waals surface area contributed by atoms with Crippen molar-refractivity contribution in [1.29, 1.82) is 0 Å². The number of nitrogens with zero attached hydrogens (tertiary/aromatic N) is 2. The van der Waals surface area contributed by atoms with E-state index in [4.69, 9.17) is 0 Å². The van der Waals surface area contributed by atoms with Crippen LogP contribution in [-0.2, 0) is 0 Å². The summed E-state index contributed by atoms with van der Waals surface area (Å²) in [6.45, 7) is 2.97. The first-order valence-corrected chi connectivity index (χ1v) is 5.68. The average molecular weight is 270 g/mol. The Hall–Kier alpha value is -1.82. The number of rotatable bonds is 2. The number of hydrogen-bond donors (Lipinski definition) is 1. The van der Waals surface area contributed by atoms with Gasteiger partial charge in [0, 0.05) is 11.3 Å². The zero-order valence-corrected chi connectivity index (χ0v) is 10.4. The Kier molecular flexibility index (Phi) is 3.36. The van der Waals surface area contributed by atoms with Gasteiger partial charge in [-0.25, -0.2) is 4.68 Å². The van der Waals surface area contributed by atoms with E-state index in [1.165, 1.54) is 18.5 Å². The molecular weight excluding hydrogens is 257 g/mol. The largest absolute Gasteiger partial charge is 0.418 e. The maximum absolute atomic E-state index is 12.6. The third-order valence-electron chi connectivity index (χ3n) is 2.93. The fourth-order valence-electron chi connectivity index (χ4n) is 2.03. The van der Waals surface area contributed by atoms with Gasteiger partial charge in [0.05, 0.1) is 11.4 Å². The molecule has 0 bridgehead atoms. The topological polar surface area (TPSA) is 38.0 Å². The molecule has 1 unspecified atom stereocenters. The van der Waals surface area contributed by atoms with Crippen LogP contribution in [-0.4, -0.2) is 21.1 Å². The van der Waals surface area contributed by atoms with E-state index in [1.807, 2.05) is 0 Å². The third-order valence-corrected chi connectivity index (χ3v) is 2.93. The first-order valence-electron chi connectivity index (χ1n) is 5.68. The Bertz CT molecular complexity index is 576. The quantitative estimate of drug-likeness (QED) is 0.910. The summed E-state index contributed by atoms with van der Waals surface area (Å²) in [6.07, 6.45) is -7.20. The van der Waals surface area contributed by atoms with Crippen LogP contribution in [0.5, 0.6) is 0 Å². The van der Waals surface area contributed by atoms with E-state index in [9.17, 15) is 18.3 Å². The number of benzene rings is 1. The zero-order chi connectivity index (χ0) is 14.2. The highest BCUT2D eigenvalue weighted by Crippen LogP contribution is 2.36. The summed E-state index contributed by atoms with van der Waals surface area (Å²) in [4.78, 5) is 0. The van der Waals surface area contributed by atoms with E-state index < -0.39 is 12.3 Å². The molecule has 0 saturated carbocycles. The minimum Gasteiger partial charge on any atom is -0.379 e. The smallest absolute Gasteiger partial charge is 0.379 e. The Morgan fingerprint density at radius 2 is 1.74 bits per heavy atom. The van der Waals surface area contributed by atoms with Crippen molar-refractivity contribution in [2.24, 2.45) is 0 Å². The molecule has 0 radical (unpaired) electrons. The van der Waals surface area contributed by atoms with Crippen LogP contribution in [0.25, 0.3) is 5.69 Å². The standard InChI is InChI=1S/C13H13F3N2O/c1-8-11(12(19)13(14,15)16)9(2)18(17-8)10-6-4-3-5-7-10/h3-7,12,19H,1-2H3. The molecule has 0 aliphatic carbocycles. The average Bonchev–Trinajstić information content (AvgIpc) is 2.64. The SMILES string of the molecule is Cc1nn(-c2ccccc2)c(C)c1C(O)C(F)(F)F. The maximum Gasteiger partial charge on any atom is 0.418 e. The first-order chi connectivity index (χ1) is 8.82. The lowest BCUT2D eigenvalue weighted by Gasteiger charge is -2.15. The van der Waals surface area contributed by atoms with Gasteiger partial charge in [-0.05, 0) is 26.0 Å². The van der Waals surface area contributed by atoms with Crippen molar-refractivity contribution >= 4 is 0 Å². The van der Waals surface area contributed by atoms with Crippen molar-refractivity contribution in [3.8, 4) is 5.69 Å². The molecule has 102 valence electrons. The summed E-state index contributed by atoms with van der Waals surface area (Å²) >= 11 is 0. The minimum atomic E-state index is -4.69. The molecule has 19 heavy (non-hydrogen) atoms. The summed E-state index contributed by atoms with van der Waals surface area (Å²) < 4.78 is 39.3. The molecule has 0 fully saturated rings. The van der Waals surface area contributed by atoms with Crippen LogP contribution in [0.1, 0.15) is 23.1 Å². The molecule has 0 aliphatic heterocycles. The molecule has 1 N–H and O–H groups in total. The van der Waals surface area contributed by atoms with Gasteiger partial charge in [0.1, 0.15) is 0 Å². The number of alkyl halides is 3. The second-order valence-corrected chi connectivity index (χ2v) is 4.28. The Labute approximate surface area is 108 Å². The van der Waals surface area contributed by atoms with Gasteiger partial charge in [0.2, 0.25) is 0 Å². The number of aliphatic hydroxyl groups is 1. The Morgan fingerprint density at radius 3 is 2.26 bits per heavy atom. The van der Waals surface area contributed by atoms with Gasteiger partial charge in [-0.15, -0.1) is 0 Å². The van der Waals surface area contributed by atoms with Crippen LogP contribution >= 0.6 is 0 Å².